The first kappa shape index (κ1) is 14.8. The molecule has 23 heavy (non-hydrogen) atoms. The third kappa shape index (κ3) is 3.08. The first-order valence-corrected chi connectivity index (χ1v) is 7.27. The maximum Gasteiger partial charge on any atom is 0.255 e. The molecule has 3 aromatic rings. The first-order chi connectivity index (χ1) is 11.0. The molecule has 1 heterocycles. The van der Waals surface area contributed by atoms with Crippen LogP contribution in [0.5, 0.6) is 5.75 Å². The molecule has 0 radical (unpaired) electrons. The topological polar surface area (TPSA) is 67.2 Å². The second-order valence-electron chi connectivity index (χ2n) is 5.36. The minimum absolute atomic E-state index is 0.0418. The van der Waals surface area contributed by atoms with Gasteiger partial charge < -0.3 is 10.4 Å². The Bertz CT molecular complexity index is 851. The Morgan fingerprint density at radius 3 is 2.39 bits per heavy atom. The third-order valence-corrected chi connectivity index (χ3v) is 3.54. The van der Waals surface area contributed by atoms with E-state index in [2.05, 4.69) is 10.4 Å². The molecule has 0 spiro atoms. The molecule has 0 atom stereocenters. The van der Waals surface area contributed by atoms with E-state index in [0.29, 0.717) is 11.3 Å². The molecule has 0 saturated heterocycles. The fraction of sp³-hybridized carbons (Fsp3) is 0.111. The zero-order valence-electron chi connectivity index (χ0n) is 12.9. The molecule has 5 heteroatoms. The summed E-state index contributed by atoms with van der Waals surface area (Å²) in [7, 11) is 0. The number of phenols is 1. The molecular formula is C18H17N3O2. The van der Waals surface area contributed by atoms with Gasteiger partial charge in [0.2, 0.25) is 0 Å². The summed E-state index contributed by atoms with van der Waals surface area (Å²) in [5.41, 5.74) is 3.78. The SMILES string of the molecule is Cc1cc(C)n(-c2ccc(C(=O)Nc3ccccc3O)cc2)n1. The Balaban J connectivity index is 1.81. The average Bonchev–Trinajstić information content (AvgIpc) is 2.88. The minimum Gasteiger partial charge on any atom is -0.506 e. The summed E-state index contributed by atoms with van der Waals surface area (Å²) in [5, 5.41) is 16.8. The number of carbonyl (C=O) groups excluding carboxylic acids is 1. The van der Waals surface area contributed by atoms with Gasteiger partial charge in [-0.1, -0.05) is 12.1 Å². The number of phenolic OH excluding ortho intramolecular Hbond substituents is 1. The van der Waals surface area contributed by atoms with Crippen molar-refractivity contribution in [3.8, 4) is 11.4 Å². The Morgan fingerprint density at radius 1 is 1.09 bits per heavy atom. The fourth-order valence-electron chi connectivity index (χ4n) is 2.42. The molecule has 0 bridgehead atoms. The van der Waals surface area contributed by atoms with E-state index in [0.717, 1.165) is 17.1 Å². The number of carbonyl (C=O) groups is 1. The van der Waals surface area contributed by atoms with Gasteiger partial charge in [-0.2, -0.15) is 5.10 Å². The largest absolute Gasteiger partial charge is 0.506 e. The van der Waals surface area contributed by atoms with Crippen molar-refractivity contribution in [2.45, 2.75) is 13.8 Å². The number of hydrogen-bond donors (Lipinski definition) is 2. The van der Waals surface area contributed by atoms with Crippen LogP contribution in [-0.4, -0.2) is 20.8 Å². The highest BCUT2D eigenvalue weighted by molar-refractivity contribution is 6.05. The van der Waals surface area contributed by atoms with Crippen molar-refractivity contribution in [2.75, 3.05) is 5.32 Å². The number of amides is 1. The number of benzene rings is 2. The van der Waals surface area contributed by atoms with Gasteiger partial charge in [0.05, 0.1) is 17.1 Å². The van der Waals surface area contributed by atoms with Crippen molar-refractivity contribution in [1.82, 2.24) is 9.78 Å². The number of anilines is 1. The van der Waals surface area contributed by atoms with E-state index in [1.54, 1.807) is 30.3 Å². The molecule has 0 aliphatic rings. The van der Waals surface area contributed by atoms with Gasteiger partial charge in [0.25, 0.3) is 5.91 Å². The van der Waals surface area contributed by atoms with Crippen LogP contribution in [0.3, 0.4) is 0 Å². The van der Waals surface area contributed by atoms with E-state index >= 15 is 0 Å². The monoisotopic (exact) mass is 307 g/mol. The van der Waals surface area contributed by atoms with Crippen molar-refractivity contribution >= 4 is 11.6 Å². The Kier molecular flexibility index (Phi) is 3.85. The van der Waals surface area contributed by atoms with Gasteiger partial charge in [-0.05, 0) is 56.3 Å². The van der Waals surface area contributed by atoms with E-state index in [1.165, 1.54) is 6.07 Å². The predicted molar refractivity (Wildman–Crippen MR) is 89.1 cm³/mol. The summed E-state index contributed by atoms with van der Waals surface area (Å²) in [6, 6.07) is 15.8. The molecule has 116 valence electrons. The third-order valence-electron chi connectivity index (χ3n) is 3.54. The molecule has 2 N–H and O–H groups in total. The Hall–Kier alpha value is -3.08. The highest BCUT2D eigenvalue weighted by Crippen LogP contribution is 2.22. The van der Waals surface area contributed by atoms with Gasteiger partial charge in [-0.25, -0.2) is 4.68 Å². The van der Waals surface area contributed by atoms with Crippen LogP contribution < -0.4 is 5.32 Å². The molecule has 1 aromatic heterocycles. The summed E-state index contributed by atoms with van der Waals surface area (Å²) in [5.74, 6) is -0.230. The number of para-hydroxylation sites is 2. The lowest BCUT2D eigenvalue weighted by Gasteiger charge is -2.08. The van der Waals surface area contributed by atoms with Crippen LogP contribution in [0.1, 0.15) is 21.7 Å². The quantitative estimate of drug-likeness (QED) is 0.728. The number of rotatable bonds is 3. The Morgan fingerprint density at radius 2 is 1.78 bits per heavy atom. The summed E-state index contributed by atoms with van der Waals surface area (Å²) < 4.78 is 1.83. The van der Waals surface area contributed by atoms with Gasteiger partial charge in [0, 0.05) is 11.3 Å². The highest BCUT2D eigenvalue weighted by Gasteiger charge is 2.09. The van der Waals surface area contributed by atoms with Crippen molar-refractivity contribution in [2.24, 2.45) is 0 Å². The lowest BCUT2D eigenvalue weighted by atomic mass is 10.2. The lowest BCUT2D eigenvalue weighted by Crippen LogP contribution is -2.12. The van der Waals surface area contributed by atoms with Crippen molar-refractivity contribution in [3.63, 3.8) is 0 Å². The maximum atomic E-state index is 12.2. The minimum atomic E-state index is -0.272. The summed E-state index contributed by atoms with van der Waals surface area (Å²) in [6.07, 6.45) is 0. The Labute approximate surface area is 134 Å². The normalized spacial score (nSPS) is 10.5. The van der Waals surface area contributed by atoms with Crippen LogP contribution in [-0.2, 0) is 0 Å². The molecule has 2 aromatic carbocycles. The summed E-state index contributed by atoms with van der Waals surface area (Å²) >= 11 is 0. The first-order valence-electron chi connectivity index (χ1n) is 7.27. The summed E-state index contributed by atoms with van der Waals surface area (Å²) in [6.45, 7) is 3.93. The molecule has 0 aliphatic heterocycles. The predicted octanol–water partition coefficient (Wildman–Crippen LogP) is 3.45. The number of aryl methyl sites for hydroxylation is 2. The van der Waals surface area contributed by atoms with Crippen LogP contribution in [0.15, 0.2) is 54.6 Å². The molecule has 3 rings (SSSR count). The molecule has 0 unspecified atom stereocenters. The van der Waals surface area contributed by atoms with E-state index in [-0.39, 0.29) is 11.7 Å². The number of aromatic nitrogens is 2. The zero-order chi connectivity index (χ0) is 16.4. The zero-order valence-corrected chi connectivity index (χ0v) is 12.9. The lowest BCUT2D eigenvalue weighted by molar-refractivity contribution is 0.102. The molecule has 0 aliphatic carbocycles. The van der Waals surface area contributed by atoms with E-state index in [4.69, 9.17) is 0 Å². The molecule has 1 amide bonds. The van der Waals surface area contributed by atoms with Crippen LogP contribution in [0.25, 0.3) is 5.69 Å². The van der Waals surface area contributed by atoms with Gasteiger partial charge in [-0.15, -0.1) is 0 Å². The van der Waals surface area contributed by atoms with Gasteiger partial charge in [0.1, 0.15) is 5.75 Å². The fourth-order valence-corrected chi connectivity index (χ4v) is 2.42. The number of aromatic hydroxyl groups is 1. The van der Waals surface area contributed by atoms with Crippen LogP contribution in [0.2, 0.25) is 0 Å². The molecule has 0 fully saturated rings. The van der Waals surface area contributed by atoms with Crippen molar-refractivity contribution in [1.29, 1.82) is 0 Å². The number of nitrogens with one attached hydrogen (secondary N) is 1. The smallest absolute Gasteiger partial charge is 0.255 e. The van der Waals surface area contributed by atoms with Gasteiger partial charge in [0.15, 0.2) is 0 Å². The summed E-state index contributed by atoms with van der Waals surface area (Å²) in [4.78, 5) is 12.2. The van der Waals surface area contributed by atoms with Crippen molar-refractivity contribution in [3.05, 3.63) is 71.5 Å². The van der Waals surface area contributed by atoms with E-state index in [1.807, 2.05) is 36.7 Å². The van der Waals surface area contributed by atoms with Crippen LogP contribution in [0.4, 0.5) is 5.69 Å². The molecule has 5 nitrogen and oxygen atoms in total. The number of hydrogen-bond acceptors (Lipinski definition) is 3. The van der Waals surface area contributed by atoms with Crippen LogP contribution >= 0.6 is 0 Å². The van der Waals surface area contributed by atoms with E-state index < -0.39 is 0 Å². The average molecular weight is 307 g/mol. The van der Waals surface area contributed by atoms with Crippen LogP contribution in [0, 0.1) is 13.8 Å². The highest BCUT2D eigenvalue weighted by atomic mass is 16.3. The second kappa shape index (κ2) is 5.96. The van der Waals surface area contributed by atoms with E-state index in [9.17, 15) is 9.90 Å². The number of nitrogens with zero attached hydrogens (tertiary/aromatic N) is 2. The van der Waals surface area contributed by atoms with Gasteiger partial charge in [-0.3, -0.25) is 4.79 Å². The molecular weight excluding hydrogens is 290 g/mol. The standard InChI is InChI=1S/C18H17N3O2/c1-12-11-13(2)21(20-12)15-9-7-14(8-10-15)18(23)19-16-5-3-4-6-17(16)22/h3-11,22H,1-2H3,(H,19,23). The van der Waals surface area contributed by atoms with Gasteiger partial charge >= 0.3 is 0 Å². The second-order valence-corrected chi connectivity index (χ2v) is 5.36. The van der Waals surface area contributed by atoms with Crippen molar-refractivity contribution < 1.29 is 9.90 Å². The maximum absolute atomic E-state index is 12.2. The molecule has 0 saturated carbocycles.